The highest BCUT2D eigenvalue weighted by molar-refractivity contribution is 5.96. The standard InChI is InChI=1S/C30H34N4O2/c1-2-6-20-9-15-24(16-10-20)31-30(36)23-13-11-21(12-14-23)28-33-26-18-17-25(19-27(26)34-28)32-29(35)22-7-4-3-5-8-22/h6,11-14,17-20,22,24H,1,3-5,7-10,15-16H2,(H,31,36)(H,32,35)(H,33,34). The van der Waals surface area contributed by atoms with E-state index in [4.69, 9.17) is 4.98 Å². The van der Waals surface area contributed by atoms with Gasteiger partial charge in [-0.05, 0) is 80.9 Å². The molecule has 2 aliphatic rings. The van der Waals surface area contributed by atoms with Gasteiger partial charge in [-0.15, -0.1) is 5.73 Å². The number of allylic oxidation sites excluding steroid dienone is 1. The molecule has 36 heavy (non-hydrogen) atoms. The van der Waals surface area contributed by atoms with Gasteiger partial charge in [0.25, 0.3) is 5.91 Å². The summed E-state index contributed by atoms with van der Waals surface area (Å²) in [4.78, 5) is 33.4. The molecule has 1 heterocycles. The smallest absolute Gasteiger partial charge is 0.251 e. The highest BCUT2D eigenvalue weighted by Gasteiger charge is 2.22. The summed E-state index contributed by atoms with van der Waals surface area (Å²) in [5.41, 5.74) is 6.93. The number of amides is 2. The molecule has 6 heteroatoms. The molecule has 0 unspecified atom stereocenters. The zero-order valence-electron chi connectivity index (χ0n) is 20.7. The van der Waals surface area contributed by atoms with E-state index in [0.29, 0.717) is 11.5 Å². The molecule has 6 nitrogen and oxygen atoms in total. The van der Waals surface area contributed by atoms with Crippen LogP contribution >= 0.6 is 0 Å². The van der Waals surface area contributed by atoms with Crippen molar-refractivity contribution in [2.24, 2.45) is 11.8 Å². The van der Waals surface area contributed by atoms with Crippen LogP contribution in [-0.2, 0) is 4.79 Å². The minimum Gasteiger partial charge on any atom is -0.349 e. The number of carbonyl (C=O) groups excluding carboxylic acids is 2. The first kappa shape index (κ1) is 24.1. The third kappa shape index (κ3) is 5.60. The Morgan fingerprint density at radius 3 is 2.44 bits per heavy atom. The zero-order chi connectivity index (χ0) is 24.9. The number of imidazole rings is 1. The van der Waals surface area contributed by atoms with E-state index in [1.807, 2.05) is 48.5 Å². The van der Waals surface area contributed by atoms with Crippen molar-refractivity contribution in [3.05, 3.63) is 66.4 Å². The molecule has 0 bridgehead atoms. The third-order valence-corrected chi connectivity index (χ3v) is 7.61. The van der Waals surface area contributed by atoms with Gasteiger partial charge >= 0.3 is 0 Å². The summed E-state index contributed by atoms with van der Waals surface area (Å²) in [6.45, 7) is 3.66. The summed E-state index contributed by atoms with van der Waals surface area (Å²) in [7, 11) is 0. The van der Waals surface area contributed by atoms with Gasteiger partial charge < -0.3 is 15.6 Å². The first-order valence-corrected chi connectivity index (χ1v) is 13.2. The van der Waals surface area contributed by atoms with Crippen molar-refractivity contribution in [3.63, 3.8) is 0 Å². The Bertz CT molecular complexity index is 1270. The van der Waals surface area contributed by atoms with Crippen LogP contribution in [0.2, 0.25) is 0 Å². The van der Waals surface area contributed by atoms with E-state index in [9.17, 15) is 9.59 Å². The number of fused-ring (bicyclic) bond motifs is 1. The molecule has 186 valence electrons. The predicted molar refractivity (Wildman–Crippen MR) is 144 cm³/mol. The van der Waals surface area contributed by atoms with Crippen molar-refractivity contribution < 1.29 is 9.59 Å². The fourth-order valence-corrected chi connectivity index (χ4v) is 5.48. The fourth-order valence-electron chi connectivity index (χ4n) is 5.48. The second kappa shape index (κ2) is 11.0. The van der Waals surface area contributed by atoms with E-state index >= 15 is 0 Å². The van der Waals surface area contributed by atoms with Crippen LogP contribution in [-0.4, -0.2) is 27.8 Å². The van der Waals surface area contributed by atoms with Gasteiger partial charge in [0.05, 0.1) is 11.0 Å². The van der Waals surface area contributed by atoms with Crippen LogP contribution in [0.25, 0.3) is 22.4 Å². The molecule has 0 atom stereocenters. The summed E-state index contributed by atoms with van der Waals surface area (Å²) >= 11 is 0. The third-order valence-electron chi connectivity index (χ3n) is 7.61. The number of nitrogens with one attached hydrogen (secondary N) is 3. The van der Waals surface area contributed by atoms with Crippen LogP contribution < -0.4 is 10.6 Å². The van der Waals surface area contributed by atoms with Crippen LogP contribution in [0.1, 0.15) is 68.1 Å². The number of H-pyrrole nitrogens is 1. The zero-order valence-corrected chi connectivity index (χ0v) is 20.7. The van der Waals surface area contributed by atoms with Gasteiger partial charge in [-0.25, -0.2) is 4.98 Å². The fraction of sp³-hybridized carbons (Fsp3) is 0.400. The van der Waals surface area contributed by atoms with Crippen molar-refractivity contribution in [1.29, 1.82) is 0 Å². The van der Waals surface area contributed by atoms with Gasteiger partial charge in [-0.3, -0.25) is 9.59 Å². The molecule has 1 aromatic heterocycles. The summed E-state index contributed by atoms with van der Waals surface area (Å²) in [5, 5.41) is 6.25. The molecule has 0 aliphatic heterocycles. The molecule has 0 saturated heterocycles. The van der Waals surface area contributed by atoms with E-state index in [-0.39, 0.29) is 23.8 Å². The molecule has 3 N–H and O–H groups in total. The molecule has 0 radical (unpaired) electrons. The lowest BCUT2D eigenvalue weighted by Gasteiger charge is -2.27. The highest BCUT2D eigenvalue weighted by atomic mass is 16.2. The molecule has 3 aromatic rings. The van der Waals surface area contributed by atoms with Crippen molar-refractivity contribution in [2.75, 3.05) is 5.32 Å². The normalized spacial score (nSPS) is 20.4. The van der Waals surface area contributed by atoms with E-state index in [0.717, 1.165) is 79.5 Å². The molecule has 2 fully saturated rings. The van der Waals surface area contributed by atoms with Crippen molar-refractivity contribution in [2.45, 2.75) is 63.8 Å². The summed E-state index contributed by atoms with van der Waals surface area (Å²) in [6, 6.07) is 13.5. The average molecular weight is 483 g/mol. The number of hydrogen-bond donors (Lipinski definition) is 3. The van der Waals surface area contributed by atoms with E-state index in [1.165, 1.54) is 6.42 Å². The maximum absolute atomic E-state index is 12.7. The molecular weight excluding hydrogens is 448 g/mol. The molecule has 2 amide bonds. The first-order valence-electron chi connectivity index (χ1n) is 13.2. The second-order valence-corrected chi connectivity index (χ2v) is 10.2. The summed E-state index contributed by atoms with van der Waals surface area (Å²) in [5.74, 6) is 1.47. The Morgan fingerprint density at radius 2 is 1.72 bits per heavy atom. The van der Waals surface area contributed by atoms with Crippen LogP contribution in [0.4, 0.5) is 5.69 Å². The Morgan fingerprint density at radius 1 is 0.972 bits per heavy atom. The Kier molecular flexibility index (Phi) is 7.33. The quantitative estimate of drug-likeness (QED) is 0.356. The molecular formula is C30H34N4O2. The minimum absolute atomic E-state index is 0.0350. The van der Waals surface area contributed by atoms with Crippen LogP contribution in [0, 0.1) is 11.8 Å². The van der Waals surface area contributed by atoms with Crippen molar-refractivity contribution in [1.82, 2.24) is 15.3 Å². The number of hydrogen-bond acceptors (Lipinski definition) is 3. The average Bonchev–Trinajstić information content (AvgIpc) is 3.34. The minimum atomic E-state index is -0.0350. The van der Waals surface area contributed by atoms with Crippen molar-refractivity contribution >= 4 is 28.5 Å². The maximum atomic E-state index is 12.7. The molecule has 5 rings (SSSR count). The largest absolute Gasteiger partial charge is 0.349 e. The van der Waals surface area contributed by atoms with Crippen LogP contribution in [0.5, 0.6) is 0 Å². The van der Waals surface area contributed by atoms with Gasteiger partial charge in [-0.2, -0.15) is 0 Å². The number of anilines is 1. The summed E-state index contributed by atoms with van der Waals surface area (Å²) < 4.78 is 0. The van der Waals surface area contributed by atoms with Gasteiger partial charge in [0.15, 0.2) is 0 Å². The SMILES string of the molecule is C=C=CC1CCC(NC(=O)c2ccc(-c3nc4ccc(NC(=O)C5CCCCC5)cc4[nH]3)cc2)CC1. The molecule has 0 spiro atoms. The Hall–Kier alpha value is -3.63. The van der Waals surface area contributed by atoms with Gasteiger partial charge in [0.2, 0.25) is 5.91 Å². The lowest BCUT2D eigenvalue weighted by atomic mass is 9.86. The van der Waals surface area contributed by atoms with E-state index < -0.39 is 0 Å². The second-order valence-electron chi connectivity index (χ2n) is 10.2. The number of nitrogens with zero attached hydrogens (tertiary/aromatic N) is 1. The summed E-state index contributed by atoms with van der Waals surface area (Å²) in [6.07, 6.45) is 11.6. The number of rotatable bonds is 6. The number of aromatic amines is 1. The highest BCUT2D eigenvalue weighted by Crippen LogP contribution is 2.28. The number of carbonyl (C=O) groups is 2. The van der Waals surface area contributed by atoms with Gasteiger partial charge in [0.1, 0.15) is 5.82 Å². The number of aromatic nitrogens is 2. The Labute approximate surface area is 212 Å². The van der Waals surface area contributed by atoms with Gasteiger partial charge in [-0.1, -0.05) is 38.0 Å². The topological polar surface area (TPSA) is 86.9 Å². The lowest BCUT2D eigenvalue weighted by Crippen LogP contribution is -2.37. The van der Waals surface area contributed by atoms with Gasteiger partial charge in [0, 0.05) is 28.8 Å². The lowest BCUT2D eigenvalue weighted by molar-refractivity contribution is -0.120. The molecule has 2 saturated carbocycles. The monoisotopic (exact) mass is 482 g/mol. The molecule has 2 aromatic carbocycles. The first-order chi connectivity index (χ1) is 17.6. The number of benzene rings is 2. The Balaban J connectivity index is 1.22. The maximum Gasteiger partial charge on any atom is 0.251 e. The predicted octanol–water partition coefficient (Wildman–Crippen LogP) is 6.38. The van der Waals surface area contributed by atoms with E-state index in [2.05, 4.69) is 27.9 Å². The van der Waals surface area contributed by atoms with Crippen LogP contribution in [0.15, 0.2) is 60.9 Å². The van der Waals surface area contributed by atoms with Crippen LogP contribution in [0.3, 0.4) is 0 Å². The van der Waals surface area contributed by atoms with E-state index in [1.54, 1.807) is 0 Å². The molecule has 2 aliphatic carbocycles. The van der Waals surface area contributed by atoms with Crippen molar-refractivity contribution in [3.8, 4) is 11.4 Å².